The van der Waals surface area contributed by atoms with Crippen LogP contribution in [0.25, 0.3) is 32.9 Å². The van der Waals surface area contributed by atoms with Crippen molar-refractivity contribution in [2.45, 2.75) is 122 Å². The summed E-state index contributed by atoms with van der Waals surface area (Å²) in [5.74, 6) is 3.15. The zero-order chi connectivity index (χ0) is 46.6. The number of fused-ring (bicyclic) bond motifs is 5. The van der Waals surface area contributed by atoms with Crippen LogP contribution in [0.4, 0.5) is 23.8 Å². The lowest BCUT2D eigenvalue weighted by molar-refractivity contribution is 0.00758. The molecule has 65 heavy (non-hydrogen) atoms. The van der Waals surface area contributed by atoms with Crippen molar-refractivity contribution in [2.75, 3.05) is 64.7 Å². The molecule has 4 saturated heterocycles. The van der Waals surface area contributed by atoms with Crippen LogP contribution in [0.15, 0.2) is 30.5 Å². The van der Waals surface area contributed by atoms with Crippen molar-refractivity contribution in [1.29, 1.82) is 0 Å². The number of nitrogens with zero attached hydrogens (tertiary/aromatic N) is 6. The number of amides is 1. The molecule has 4 fully saturated rings. The molecule has 11 nitrogen and oxygen atoms in total. The zero-order valence-electron chi connectivity index (χ0n) is 39.7. The average Bonchev–Trinajstić information content (AvgIpc) is 3.77. The van der Waals surface area contributed by atoms with E-state index in [1.807, 2.05) is 20.8 Å². The van der Waals surface area contributed by atoms with Gasteiger partial charge in [-0.25, -0.2) is 18.0 Å². The second kappa shape index (κ2) is 18.2. The Kier molecular flexibility index (Phi) is 13.1. The van der Waals surface area contributed by atoms with Crippen LogP contribution >= 0.6 is 0 Å². The fourth-order valence-electron chi connectivity index (χ4n) is 11.6. The van der Waals surface area contributed by atoms with Crippen LogP contribution in [-0.2, 0) is 9.47 Å². The van der Waals surface area contributed by atoms with Crippen molar-refractivity contribution < 1.29 is 36.9 Å². The lowest BCUT2D eigenvalue weighted by Gasteiger charge is -2.46. The third kappa shape index (κ3) is 9.11. The minimum absolute atomic E-state index is 0.0112. The molecule has 2 bridgehead atoms. The molecule has 0 radical (unpaired) electrons. The topological polar surface area (TPSA) is 102 Å². The van der Waals surface area contributed by atoms with E-state index in [1.165, 1.54) is 13.2 Å². The summed E-state index contributed by atoms with van der Waals surface area (Å²) in [6, 6.07) is 6.46. The predicted octanol–water partition coefficient (Wildman–Crippen LogP) is 10.3. The van der Waals surface area contributed by atoms with Crippen LogP contribution in [0, 0.1) is 34.9 Å². The summed E-state index contributed by atoms with van der Waals surface area (Å²) in [6.07, 6.45) is 3.29. The maximum absolute atomic E-state index is 17.9. The molecule has 8 rings (SSSR count). The number of halogens is 3. The highest BCUT2D eigenvalue weighted by atomic mass is 28.3. The summed E-state index contributed by atoms with van der Waals surface area (Å²) >= 11 is 0. The van der Waals surface area contributed by atoms with E-state index in [-0.39, 0.29) is 54.1 Å². The summed E-state index contributed by atoms with van der Waals surface area (Å²) in [7, 11) is -0.810. The maximum atomic E-state index is 17.9. The molecular weight excluding hydrogens is 850 g/mol. The maximum Gasteiger partial charge on any atom is 0.410 e. The average molecular weight is 915 g/mol. The van der Waals surface area contributed by atoms with Crippen LogP contribution < -0.4 is 14.4 Å². The normalized spacial score (nSPS) is 22.6. The third-order valence-corrected chi connectivity index (χ3v) is 20.6. The molecule has 4 aliphatic rings. The van der Waals surface area contributed by atoms with Crippen LogP contribution in [0.2, 0.25) is 16.6 Å². The van der Waals surface area contributed by atoms with Gasteiger partial charge in [0.2, 0.25) is 0 Å². The fraction of sp³-hybridized carbons (Fsp3) is 0.600. The van der Waals surface area contributed by atoms with Gasteiger partial charge in [0.05, 0.1) is 16.5 Å². The van der Waals surface area contributed by atoms with Gasteiger partial charge in [0.25, 0.3) is 0 Å². The first-order valence-electron chi connectivity index (χ1n) is 23.3. The van der Waals surface area contributed by atoms with Crippen molar-refractivity contribution in [1.82, 2.24) is 24.8 Å². The molecule has 0 spiro atoms. The highest BCUT2D eigenvalue weighted by molar-refractivity contribution is 6.90. The molecule has 4 atom stereocenters. The van der Waals surface area contributed by atoms with Gasteiger partial charge in [-0.3, -0.25) is 9.88 Å². The van der Waals surface area contributed by atoms with Crippen LogP contribution in [-0.4, -0.2) is 116 Å². The van der Waals surface area contributed by atoms with Crippen molar-refractivity contribution >= 4 is 41.7 Å². The van der Waals surface area contributed by atoms with Crippen LogP contribution in [0.1, 0.15) is 93.6 Å². The van der Waals surface area contributed by atoms with Gasteiger partial charge in [-0.15, -0.1) is 5.54 Å². The monoisotopic (exact) mass is 914 g/mol. The van der Waals surface area contributed by atoms with E-state index in [0.29, 0.717) is 89.1 Å². The van der Waals surface area contributed by atoms with Crippen LogP contribution in [0.3, 0.4) is 0 Å². The summed E-state index contributed by atoms with van der Waals surface area (Å²) in [5.41, 5.74) is 3.88. The summed E-state index contributed by atoms with van der Waals surface area (Å²) < 4.78 is 72.5. The number of ether oxygens (including phenoxy) is 4. The van der Waals surface area contributed by atoms with E-state index in [9.17, 15) is 9.18 Å². The number of rotatable bonds is 11. The number of piperidine rings is 2. The zero-order valence-corrected chi connectivity index (χ0v) is 40.7. The number of likely N-dealkylation sites (tertiary alicyclic amines) is 1. The number of carbonyl (C=O) groups excluding carboxylic acids is 1. The highest BCUT2D eigenvalue weighted by Crippen LogP contribution is 2.44. The van der Waals surface area contributed by atoms with Crippen molar-refractivity contribution in [3.8, 4) is 34.5 Å². The number of alkyl halides is 1. The summed E-state index contributed by atoms with van der Waals surface area (Å²) in [5, 5.41) is 1.40. The van der Waals surface area contributed by atoms with E-state index in [4.69, 9.17) is 33.9 Å². The molecule has 0 aliphatic carbocycles. The van der Waals surface area contributed by atoms with Gasteiger partial charge in [-0.1, -0.05) is 53.5 Å². The molecule has 4 aliphatic heterocycles. The van der Waals surface area contributed by atoms with Gasteiger partial charge in [-0.2, -0.15) is 9.97 Å². The van der Waals surface area contributed by atoms with Crippen molar-refractivity contribution in [3.05, 3.63) is 47.7 Å². The van der Waals surface area contributed by atoms with E-state index in [2.05, 4.69) is 62.8 Å². The van der Waals surface area contributed by atoms with E-state index in [0.717, 1.165) is 25.8 Å². The van der Waals surface area contributed by atoms with E-state index < -0.39 is 37.0 Å². The minimum Gasteiger partial charge on any atom is -0.468 e. The smallest absolute Gasteiger partial charge is 0.410 e. The molecular formula is C50H65F3N6O5Si. The number of hydrogen-bond acceptors (Lipinski definition) is 10. The number of aromatic nitrogens is 3. The van der Waals surface area contributed by atoms with Gasteiger partial charge >= 0.3 is 12.1 Å². The molecule has 350 valence electrons. The molecule has 6 heterocycles. The Hall–Kier alpha value is -4.65. The lowest BCUT2D eigenvalue weighted by Crippen LogP contribution is -2.55. The SMILES string of the molecule is COCOc1cc(-c2ncc3c(N4CC5CC(CN(C(=O)OC(C)(C)C)C5)C4)nc(OC[C@@]45CCCN4C[C@H](F)C5)nc3c2F)c2c(C#C[Si](C(C)C)(C(C)C)C(C)C)c(F)ccc2c1. The van der Waals surface area contributed by atoms with Gasteiger partial charge in [-0.05, 0) is 98.6 Å². The molecule has 2 aromatic carbocycles. The largest absolute Gasteiger partial charge is 0.468 e. The Morgan fingerprint density at radius 2 is 1.68 bits per heavy atom. The second-order valence-corrected chi connectivity index (χ2v) is 26.4. The van der Waals surface area contributed by atoms with Crippen molar-refractivity contribution in [3.63, 3.8) is 0 Å². The predicted molar refractivity (Wildman–Crippen MR) is 251 cm³/mol. The van der Waals surface area contributed by atoms with Gasteiger partial charge in [0.15, 0.2) is 12.6 Å². The standard InChI is InChI=1S/C50H65F3N6O5Si/c1-30(2)65(31(3)4,32(5)6)17-14-38-41(52)13-12-35-19-37(63-29-61-10)20-39(42(35)38)44-43(53)45-40(22-54-44)46(56-47(55-45)62-28-50-15-11-16-59(50)27-36(51)21-50)57-23-33-18-34(24-57)26-58(25-33)48(60)64-49(7,8)9/h12-13,19-20,22,30-34,36H,11,15-16,18,21,23-29H2,1-10H3/t33?,34?,36-,50+/m1/s1. The quantitative estimate of drug-likeness (QED) is 0.0821. The van der Waals surface area contributed by atoms with E-state index in [1.54, 1.807) is 29.3 Å². The number of methoxy groups -OCH3 is 1. The molecule has 0 saturated carbocycles. The fourth-order valence-corrected chi connectivity index (χ4v) is 16.8. The molecule has 1 amide bonds. The first kappa shape index (κ1) is 46.9. The summed E-state index contributed by atoms with van der Waals surface area (Å²) in [4.78, 5) is 33.8. The first-order valence-corrected chi connectivity index (χ1v) is 25.6. The number of anilines is 1. The van der Waals surface area contributed by atoms with Gasteiger partial charge in [0, 0.05) is 63.4 Å². The molecule has 0 N–H and O–H groups in total. The van der Waals surface area contributed by atoms with Crippen molar-refractivity contribution in [2.24, 2.45) is 11.8 Å². The minimum atomic E-state index is -2.32. The number of carbonyl (C=O) groups is 1. The summed E-state index contributed by atoms with van der Waals surface area (Å²) in [6.45, 7) is 22.2. The highest BCUT2D eigenvalue weighted by Gasteiger charge is 2.50. The first-order chi connectivity index (χ1) is 30.8. The Balaban J connectivity index is 1.27. The van der Waals surface area contributed by atoms with Gasteiger partial charge in [0.1, 0.15) is 55.0 Å². The number of pyridine rings is 1. The molecule has 15 heteroatoms. The lowest BCUT2D eigenvalue weighted by atomic mass is 9.84. The molecule has 4 aromatic rings. The van der Waals surface area contributed by atoms with Gasteiger partial charge < -0.3 is 28.7 Å². The second-order valence-electron chi connectivity index (χ2n) is 20.8. The number of benzene rings is 2. The Morgan fingerprint density at radius 3 is 2.34 bits per heavy atom. The molecule has 2 unspecified atom stereocenters. The van der Waals surface area contributed by atoms with E-state index >= 15 is 8.78 Å². The Bertz CT molecular complexity index is 2470. The number of hydrogen-bond donors (Lipinski definition) is 0. The molecule has 2 aromatic heterocycles. The Morgan fingerprint density at radius 1 is 0.969 bits per heavy atom. The van der Waals surface area contributed by atoms with Crippen LogP contribution in [0.5, 0.6) is 11.8 Å². The Labute approximate surface area is 382 Å². The third-order valence-electron chi connectivity index (χ3n) is 14.3.